The number of hydrogen-bond donors (Lipinski definition) is 4. The van der Waals surface area contributed by atoms with Crippen LogP contribution in [0.15, 0.2) is 24.3 Å². The van der Waals surface area contributed by atoms with Crippen LogP contribution in [-0.2, 0) is 4.74 Å². The lowest BCUT2D eigenvalue weighted by atomic mass is 9.89. The SMILES string of the molecule is CCCCC[C@H](O)C=C[C@@H]1[C@@H](CC=CCCCCOC(=S)NC)[C@@H](O)C[C@H]1O. The summed E-state index contributed by atoms with van der Waals surface area (Å²) in [6.07, 6.45) is 14.5. The van der Waals surface area contributed by atoms with Gasteiger partial charge in [0.25, 0.3) is 5.17 Å². The summed E-state index contributed by atoms with van der Waals surface area (Å²) in [4.78, 5) is 0. The first-order chi connectivity index (χ1) is 13.5. The van der Waals surface area contributed by atoms with Gasteiger partial charge in [-0.25, -0.2) is 0 Å². The van der Waals surface area contributed by atoms with Crippen molar-refractivity contribution < 1.29 is 20.1 Å². The van der Waals surface area contributed by atoms with Gasteiger partial charge in [-0.1, -0.05) is 50.5 Å². The van der Waals surface area contributed by atoms with Crippen molar-refractivity contribution in [3.63, 3.8) is 0 Å². The maximum absolute atomic E-state index is 10.3. The number of hydrogen-bond acceptors (Lipinski definition) is 5. The van der Waals surface area contributed by atoms with E-state index < -0.39 is 18.3 Å². The molecule has 1 aliphatic carbocycles. The highest BCUT2D eigenvalue weighted by molar-refractivity contribution is 7.80. The third kappa shape index (κ3) is 10.0. The lowest BCUT2D eigenvalue weighted by Crippen LogP contribution is -2.20. The quantitative estimate of drug-likeness (QED) is 0.210. The second-order valence-corrected chi connectivity index (χ2v) is 8.02. The number of nitrogens with one attached hydrogen (secondary N) is 1. The molecular formula is C22H39NO4S. The second-order valence-electron chi connectivity index (χ2n) is 7.65. The van der Waals surface area contributed by atoms with Crippen LogP contribution in [0.1, 0.15) is 64.7 Å². The molecule has 5 atom stereocenters. The largest absolute Gasteiger partial charge is 0.471 e. The van der Waals surface area contributed by atoms with Crippen molar-refractivity contribution in [2.24, 2.45) is 11.8 Å². The molecule has 0 aromatic heterocycles. The number of aliphatic hydroxyl groups excluding tert-OH is 3. The predicted molar refractivity (Wildman–Crippen MR) is 118 cm³/mol. The Morgan fingerprint density at radius 2 is 1.96 bits per heavy atom. The number of ether oxygens (including phenoxy) is 1. The summed E-state index contributed by atoms with van der Waals surface area (Å²) >= 11 is 4.92. The minimum absolute atomic E-state index is 0.00155. The highest BCUT2D eigenvalue weighted by Crippen LogP contribution is 2.36. The minimum Gasteiger partial charge on any atom is -0.471 e. The van der Waals surface area contributed by atoms with E-state index in [2.05, 4.69) is 24.4 Å². The van der Waals surface area contributed by atoms with E-state index >= 15 is 0 Å². The molecule has 4 N–H and O–H groups in total. The molecule has 1 fully saturated rings. The van der Waals surface area contributed by atoms with E-state index in [1.54, 1.807) is 13.1 Å². The summed E-state index contributed by atoms with van der Waals surface area (Å²) in [6, 6.07) is 0. The fourth-order valence-corrected chi connectivity index (χ4v) is 3.72. The van der Waals surface area contributed by atoms with Crippen molar-refractivity contribution in [2.75, 3.05) is 13.7 Å². The van der Waals surface area contributed by atoms with E-state index in [-0.39, 0.29) is 11.8 Å². The molecule has 1 aliphatic rings. The molecule has 0 aliphatic heterocycles. The predicted octanol–water partition coefficient (Wildman–Crippen LogP) is 3.48. The van der Waals surface area contributed by atoms with Crippen LogP contribution in [0.25, 0.3) is 0 Å². The molecule has 0 unspecified atom stereocenters. The van der Waals surface area contributed by atoms with Crippen LogP contribution in [0, 0.1) is 11.8 Å². The molecule has 0 saturated heterocycles. The molecule has 28 heavy (non-hydrogen) atoms. The zero-order chi connectivity index (χ0) is 20.8. The molecule has 0 radical (unpaired) electrons. The van der Waals surface area contributed by atoms with E-state index in [0.29, 0.717) is 18.2 Å². The molecule has 0 bridgehead atoms. The lowest BCUT2D eigenvalue weighted by Gasteiger charge is -2.19. The molecule has 0 heterocycles. The average Bonchev–Trinajstić information content (AvgIpc) is 2.94. The van der Waals surface area contributed by atoms with Gasteiger partial charge in [0.1, 0.15) is 0 Å². The van der Waals surface area contributed by atoms with Gasteiger partial charge in [-0.05, 0) is 50.2 Å². The molecule has 0 aromatic carbocycles. The van der Waals surface area contributed by atoms with Gasteiger partial charge in [-0.3, -0.25) is 0 Å². The Balaban J connectivity index is 2.35. The smallest absolute Gasteiger partial charge is 0.256 e. The Morgan fingerprint density at radius 1 is 1.18 bits per heavy atom. The highest BCUT2D eigenvalue weighted by atomic mass is 32.1. The summed E-state index contributed by atoms with van der Waals surface area (Å²) in [7, 11) is 1.75. The van der Waals surface area contributed by atoms with Crippen LogP contribution in [0.3, 0.4) is 0 Å². The average molecular weight is 414 g/mol. The van der Waals surface area contributed by atoms with Crippen molar-refractivity contribution in [1.29, 1.82) is 0 Å². The number of aliphatic hydroxyl groups is 3. The molecule has 6 heteroatoms. The van der Waals surface area contributed by atoms with Gasteiger partial charge < -0.3 is 25.4 Å². The van der Waals surface area contributed by atoms with E-state index in [4.69, 9.17) is 17.0 Å². The topological polar surface area (TPSA) is 82.0 Å². The third-order valence-corrected chi connectivity index (χ3v) is 5.67. The van der Waals surface area contributed by atoms with Crippen molar-refractivity contribution in [3.05, 3.63) is 24.3 Å². The maximum atomic E-state index is 10.3. The molecular weight excluding hydrogens is 374 g/mol. The highest BCUT2D eigenvalue weighted by Gasteiger charge is 2.39. The number of unbranched alkanes of at least 4 members (excludes halogenated alkanes) is 4. The minimum atomic E-state index is -0.541. The summed E-state index contributed by atoms with van der Waals surface area (Å²) in [5.74, 6) is -0.0990. The van der Waals surface area contributed by atoms with Gasteiger partial charge in [0.15, 0.2) is 0 Å². The van der Waals surface area contributed by atoms with E-state index in [1.807, 2.05) is 6.08 Å². The van der Waals surface area contributed by atoms with Crippen molar-refractivity contribution in [1.82, 2.24) is 5.32 Å². The molecule has 5 nitrogen and oxygen atoms in total. The molecule has 1 rings (SSSR count). The van der Waals surface area contributed by atoms with Gasteiger partial charge in [-0.2, -0.15) is 0 Å². The molecule has 0 aromatic rings. The van der Waals surface area contributed by atoms with E-state index in [9.17, 15) is 15.3 Å². The number of allylic oxidation sites excluding steroid dienone is 2. The zero-order valence-electron chi connectivity index (χ0n) is 17.4. The van der Waals surface area contributed by atoms with Gasteiger partial charge >= 0.3 is 0 Å². The maximum Gasteiger partial charge on any atom is 0.256 e. The summed E-state index contributed by atoms with van der Waals surface area (Å²) in [5, 5.41) is 33.8. The van der Waals surface area contributed by atoms with Crippen LogP contribution < -0.4 is 5.32 Å². The fraction of sp³-hybridized carbons (Fsp3) is 0.773. The Morgan fingerprint density at radius 3 is 2.68 bits per heavy atom. The van der Waals surface area contributed by atoms with Crippen molar-refractivity contribution in [2.45, 2.75) is 83.0 Å². The first-order valence-electron chi connectivity index (χ1n) is 10.7. The Hall–Kier alpha value is -0.950. The molecule has 162 valence electrons. The van der Waals surface area contributed by atoms with Crippen LogP contribution in [0.2, 0.25) is 0 Å². The van der Waals surface area contributed by atoms with Crippen LogP contribution in [0.4, 0.5) is 0 Å². The Kier molecular flexibility index (Phi) is 13.4. The van der Waals surface area contributed by atoms with E-state index in [0.717, 1.165) is 51.4 Å². The van der Waals surface area contributed by atoms with Crippen molar-refractivity contribution >= 4 is 17.4 Å². The normalized spacial score (nSPS) is 26.2. The Bertz CT molecular complexity index is 483. The molecule has 0 amide bonds. The van der Waals surface area contributed by atoms with Crippen molar-refractivity contribution in [3.8, 4) is 0 Å². The number of thiocarbonyl (C=S) groups is 1. The fourth-order valence-electron chi connectivity index (χ4n) is 3.64. The summed E-state index contributed by atoms with van der Waals surface area (Å²) < 4.78 is 5.30. The zero-order valence-corrected chi connectivity index (χ0v) is 18.2. The standard InChI is InChI=1S/C22H39NO4S/c1-3-4-8-11-17(24)13-14-19-18(20(25)16-21(19)26)12-9-6-5-7-10-15-27-22(28)23-2/h6,9,13-14,17-21,24-26H,3-5,7-8,10-12,15-16H2,1-2H3,(H,23,28)/t17-,18+,19+,20-,21+/m0/s1. The lowest BCUT2D eigenvalue weighted by molar-refractivity contribution is 0.120. The Labute approximate surface area is 175 Å². The monoisotopic (exact) mass is 413 g/mol. The van der Waals surface area contributed by atoms with Gasteiger partial charge in [0, 0.05) is 19.4 Å². The summed E-state index contributed by atoms with van der Waals surface area (Å²) in [6.45, 7) is 2.76. The van der Waals surface area contributed by atoms with Crippen LogP contribution in [0.5, 0.6) is 0 Å². The summed E-state index contributed by atoms with van der Waals surface area (Å²) in [5.41, 5.74) is 0. The first kappa shape index (κ1) is 25.1. The number of rotatable bonds is 13. The van der Waals surface area contributed by atoms with Crippen LogP contribution >= 0.6 is 12.2 Å². The van der Waals surface area contributed by atoms with E-state index in [1.165, 1.54) is 0 Å². The first-order valence-corrected chi connectivity index (χ1v) is 11.1. The molecule has 0 spiro atoms. The molecule has 1 saturated carbocycles. The van der Waals surface area contributed by atoms with Gasteiger partial charge in [-0.15, -0.1) is 0 Å². The van der Waals surface area contributed by atoms with Gasteiger partial charge in [0.05, 0.1) is 24.9 Å². The van der Waals surface area contributed by atoms with Gasteiger partial charge in [0.2, 0.25) is 0 Å². The third-order valence-electron chi connectivity index (χ3n) is 5.35. The van der Waals surface area contributed by atoms with Crippen LogP contribution in [-0.4, -0.2) is 52.5 Å². The second kappa shape index (κ2) is 15.0.